The van der Waals surface area contributed by atoms with Crippen LogP contribution in [0.25, 0.3) is 78.7 Å². The Labute approximate surface area is 325 Å². The van der Waals surface area contributed by atoms with Crippen molar-refractivity contribution in [1.82, 2.24) is 15.0 Å². The lowest BCUT2D eigenvalue weighted by atomic mass is 9.77. The summed E-state index contributed by atoms with van der Waals surface area (Å²) in [4.78, 5) is 14.9. The molecule has 56 heavy (non-hydrogen) atoms. The molecule has 262 valence electrons. The van der Waals surface area contributed by atoms with E-state index >= 15 is 0 Å². The van der Waals surface area contributed by atoms with Gasteiger partial charge in [-0.05, 0) is 51.1 Å². The van der Waals surface area contributed by atoms with Gasteiger partial charge in [0, 0.05) is 38.9 Å². The predicted molar refractivity (Wildman–Crippen MR) is 225 cm³/mol. The third kappa shape index (κ3) is 5.11. The van der Waals surface area contributed by atoms with Crippen LogP contribution in [0.15, 0.2) is 200 Å². The number of ether oxygens (including phenoxy) is 1. The fraction of sp³-hybridized carbons (Fsp3) is 0.0192. The van der Waals surface area contributed by atoms with Crippen LogP contribution in [0, 0.1) is 0 Å². The minimum atomic E-state index is -0.716. The van der Waals surface area contributed by atoms with Crippen molar-refractivity contribution >= 4 is 0 Å². The highest BCUT2D eigenvalue weighted by Gasteiger charge is 2.50. The summed E-state index contributed by atoms with van der Waals surface area (Å²) in [5, 5.41) is 0. The smallest absolute Gasteiger partial charge is 0.186 e. The summed E-state index contributed by atoms with van der Waals surface area (Å²) in [6, 6.07) is 70.0. The normalized spacial score (nSPS) is 12.9. The van der Waals surface area contributed by atoms with E-state index in [0.717, 1.165) is 50.3 Å². The topological polar surface area (TPSA) is 47.9 Å². The van der Waals surface area contributed by atoms with Crippen molar-refractivity contribution in [2.75, 3.05) is 0 Å². The summed E-state index contributed by atoms with van der Waals surface area (Å²) in [5.41, 5.74) is 14.8. The van der Waals surface area contributed by atoms with Gasteiger partial charge in [-0.25, -0.2) is 15.0 Å². The van der Waals surface area contributed by atoms with E-state index in [2.05, 4.69) is 164 Å². The average molecular weight is 716 g/mol. The molecule has 4 heteroatoms. The van der Waals surface area contributed by atoms with Crippen molar-refractivity contribution in [3.05, 3.63) is 217 Å². The maximum Gasteiger partial charge on any atom is 0.186 e. The molecule has 1 aliphatic heterocycles. The van der Waals surface area contributed by atoms with Gasteiger partial charge in [-0.1, -0.05) is 188 Å². The summed E-state index contributed by atoms with van der Waals surface area (Å²) in [6.07, 6.45) is 0. The predicted octanol–water partition coefficient (Wildman–Crippen LogP) is 12.5. The van der Waals surface area contributed by atoms with Gasteiger partial charge in [-0.15, -0.1) is 0 Å². The van der Waals surface area contributed by atoms with Gasteiger partial charge in [-0.2, -0.15) is 0 Å². The second-order valence-corrected chi connectivity index (χ2v) is 14.3. The van der Waals surface area contributed by atoms with Crippen molar-refractivity contribution < 1.29 is 4.74 Å². The van der Waals surface area contributed by atoms with Crippen LogP contribution in [0.2, 0.25) is 0 Å². The number of fused-ring (bicyclic) bond motifs is 9. The van der Waals surface area contributed by atoms with E-state index in [1.54, 1.807) is 0 Å². The maximum atomic E-state index is 7.23. The average Bonchev–Trinajstić information content (AvgIpc) is 3.56. The molecular weight excluding hydrogens is 683 g/mol. The summed E-state index contributed by atoms with van der Waals surface area (Å²) >= 11 is 0. The van der Waals surface area contributed by atoms with Crippen LogP contribution in [-0.4, -0.2) is 15.0 Å². The zero-order chi connectivity index (χ0) is 37.1. The van der Waals surface area contributed by atoms with E-state index in [9.17, 15) is 0 Å². The van der Waals surface area contributed by atoms with Crippen LogP contribution in [0.5, 0.6) is 5.75 Å². The molecule has 0 unspecified atom stereocenters. The van der Waals surface area contributed by atoms with Crippen LogP contribution in [0.3, 0.4) is 0 Å². The van der Waals surface area contributed by atoms with Crippen molar-refractivity contribution in [3.63, 3.8) is 0 Å². The number of benzene rings is 8. The van der Waals surface area contributed by atoms with Crippen molar-refractivity contribution in [2.24, 2.45) is 0 Å². The van der Waals surface area contributed by atoms with E-state index in [1.807, 2.05) is 36.4 Å². The molecule has 9 aromatic rings. The Bertz CT molecular complexity index is 2880. The molecule has 0 atom stereocenters. The van der Waals surface area contributed by atoms with Gasteiger partial charge in [0.1, 0.15) is 5.75 Å². The summed E-state index contributed by atoms with van der Waals surface area (Å²) < 4.78 is 7.23. The molecule has 4 nitrogen and oxygen atoms in total. The van der Waals surface area contributed by atoms with Crippen LogP contribution in [0.1, 0.15) is 16.7 Å². The minimum absolute atomic E-state index is 0.628. The first-order valence-corrected chi connectivity index (χ1v) is 18.9. The van der Waals surface area contributed by atoms with Crippen molar-refractivity contribution in [3.8, 4) is 84.4 Å². The fourth-order valence-corrected chi connectivity index (χ4v) is 8.45. The van der Waals surface area contributed by atoms with Gasteiger partial charge >= 0.3 is 0 Å². The first-order chi connectivity index (χ1) is 27.7. The van der Waals surface area contributed by atoms with E-state index < -0.39 is 5.60 Å². The van der Waals surface area contributed by atoms with Gasteiger partial charge in [0.15, 0.2) is 23.1 Å². The lowest BCUT2D eigenvalue weighted by Crippen LogP contribution is -2.36. The standard InChI is InChI=1S/C52H33N3O/c1-3-13-34(14-4-1)35-23-27-38(28-24-35)50-53-49(37-15-5-2-6-16-37)54-51(55-50)39-29-25-36(26-30-39)40-31-32-48-44(33-40)43-19-9-12-22-47(43)52(56-48)45-20-10-7-17-41(45)42-18-8-11-21-46(42)52/h1-33H. The molecule has 1 aromatic heterocycles. The Morgan fingerprint density at radius 2 is 0.625 bits per heavy atom. The number of aromatic nitrogens is 3. The van der Waals surface area contributed by atoms with Gasteiger partial charge in [0.05, 0.1) is 0 Å². The molecule has 1 spiro atoms. The molecular formula is C52H33N3O. The van der Waals surface area contributed by atoms with Crippen LogP contribution < -0.4 is 4.74 Å². The van der Waals surface area contributed by atoms with Crippen LogP contribution in [-0.2, 0) is 5.60 Å². The summed E-state index contributed by atoms with van der Waals surface area (Å²) in [7, 11) is 0. The fourth-order valence-electron chi connectivity index (χ4n) is 8.45. The third-order valence-corrected chi connectivity index (χ3v) is 11.1. The van der Waals surface area contributed by atoms with Crippen LogP contribution >= 0.6 is 0 Å². The monoisotopic (exact) mass is 715 g/mol. The van der Waals surface area contributed by atoms with Crippen LogP contribution in [0.4, 0.5) is 0 Å². The molecule has 0 bridgehead atoms. The summed E-state index contributed by atoms with van der Waals surface area (Å²) in [5.74, 6) is 2.78. The molecule has 0 radical (unpaired) electrons. The minimum Gasteiger partial charge on any atom is -0.472 e. The molecule has 1 aliphatic carbocycles. The maximum absolute atomic E-state index is 7.23. The second-order valence-electron chi connectivity index (χ2n) is 14.3. The Balaban J connectivity index is 0.960. The lowest BCUT2D eigenvalue weighted by Gasteiger charge is -2.39. The third-order valence-electron chi connectivity index (χ3n) is 11.1. The van der Waals surface area contributed by atoms with Crippen molar-refractivity contribution in [1.29, 1.82) is 0 Å². The SMILES string of the molecule is c1ccc(-c2ccc(-c3nc(-c4ccccc4)nc(-c4ccc(-c5ccc6c(c5)-c5ccccc5C5(O6)c6ccccc6-c6ccccc65)cc4)n3)cc2)cc1. The Morgan fingerprint density at radius 3 is 1.12 bits per heavy atom. The quantitative estimate of drug-likeness (QED) is 0.178. The molecule has 8 aromatic carbocycles. The highest BCUT2D eigenvalue weighted by Crippen LogP contribution is 2.58. The molecule has 0 saturated carbocycles. The first-order valence-electron chi connectivity index (χ1n) is 18.9. The molecule has 0 saturated heterocycles. The zero-order valence-electron chi connectivity index (χ0n) is 30.3. The molecule has 2 aliphatic rings. The Hall–Kier alpha value is -7.43. The van der Waals surface area contributed by atoms with E-state index in [1.165, 1.54) is 33.4 Å². The van der Waals surface area contributed by atoms with Gasteiger partial charge in [0.25, 0.3) is 0 Å². The molecule has 0 N–H and O–H groups in total. The van der Waals surface area contributed by atoms with Gasteiger partial charge < -0.3 is 4.74 Å². The number of hydrogen-bond acceptors (Lipinski definition) is 4. The molecule has 2 heterocycles. The number of rotatable bonds is 5. The highest BCUT2D eigenvalue weighted by molar-refractivity contribution is 5.89. The number of nitrogens with zero attached hydrogens (tertiary/aromatic N) is 3. The van der Waals surface area contributed by atoms with Gasteiger partial charge in [0.2, 0.25) is 0 Å². The zero-order valence-corrected chi connectivity index (χ0v) is 30.3. The second kappa shape index (κ2) is 12.9. The number of hydrogen-bond donors (Lipinski definition) is 0. The molecule has 0 fully saturated rings. The van der Waals surface area contributed by atoms with E-state index in [-0.39, 0.29) is 0 Å². The lowest BCUT2D eigenvalue weighted by molar-refractivity contribution is 0.157. The Morgan fingerprint density at radius 1 is 0.286 bits per heavy atom. The van der Waals surface area contributed by atoms with Crippen molar-refractivity contribution in [2.45, 2.75) is 5.60 Å². The Kier molecular flexibility index (Phi) is 7.36. The molecule has 11 rings (SSSR count). The van der Waals surface area contributed by atoms with E-state index in [4.69, 9.17) is 19.7 Å². The molecule has 0 amide bonds. The van der Waals surface area contributed by atoms with E-state index in [0.29, 0.717) is 17.5 Å². The largest absolute Gasteiger partial charge is 0.472 e. The first kappa shape index (κ1) is 32.0. The summed E-state index contributed by atoms with van der Waals surface area (Å²) in [6.45, 7) is 0. The highest BCUT2D eigenvalue weighted by atomic mass is 16.5. The van der Waals surface area contributed by atoms with Gasteiger partial charge in [-0.3, -0.25) is 0 Å².